The standard InChI is InChI=1S/C17H23N3O2/c1-13(21)18-14-6-7-16(19-8-2-3-9-19)15(12-14)17(22)20-10-4-5-11-20/h6-7,12H,2-5,8-11H2,1H3,(H,18,21). The molecule has 2 heterocycles. The first-order valence-electron chi connectivity index (χ1n) is 8.11. The Kier molecular flexibility index (Phi) is 4.32. The van der Waals surface area contributed by atoms with Crippen LogP contribution in [0, 0.1) is 0 Å². The number of hydrogen-bond donors (Lipinski definition) is 1. The summed E-state index contributed by atoms with van der Waals surface area (Å²) in [5.41, 5.74) is 2.41. The molecule has 2 aliphatic heterocycles. The molecule has 3 rings (SSSR count). The number of likely N-dealkylation sites (tertiary alicyclic amines) is 1. The third kappa shape index (κ3) is 3.08. The smallest absolute Gasteiger partial charge is 0.256 e. The van der Waals surface area contributed by atoms with Crippen molar-refractivity contribution in [2.45, 2.75) is 32.6 Å². The predicted molar refractivity (Wildman–Crippen MR) is 87.3 cm³/mol. The molecular formula is C17H23N3O2. The Morgan fingerprint density at radius 2 is 1.64 bits per heavy atom. The average molecular weight is 301 g/mol. The second-order valence-electron chi connectivity index (χ2n) is 6.11. The summed E-state index contributed by atoms with van der Waals surface area (Å²) in [7, 11) is 0. The number of amides is 2. The molecule has 1 aromatic carbocycles. The highest BCUT2D eigenvalue weighted by molar-refractivity contribution is 6.02. The van der Waals surface area contributed by atoms with Gasteiger partial charge >= 0.3 is 0 Å². The van der Waals surface area contributed by atoms with E-state index in [0.717, 1.165) is 50.3 Å². The van der Waals surface area contributed by atoms with Gasteiger partial charge in [0.1, 0.15) is 0 Å². The predicted octanol–water partition coefficient (Wildman–Crippen LogP) is 2.48. The quantitative estimate of drug-likeness (QED) is 0.933. The normalized spacial score (nSPS) is 17.9. The van der Waals surface area contributed by atoms with Crippen molar-refractivity contribution in [3.63, 3.8) is 0 Å². The van der Waals surface area contributed by atoms with E-state index in [0.29, 0.717) is 5.69 Å². The van der Waals surface area contributed by atoms with E-state index in [1.54, 1.807) is 0 Å². The molecule has 0 radical (unpaired) electrons. The highest BCUT2D eigenvalue weighted by atomic mass is 16.2. The monoisotopic (exact) mass is 301 g/mol. The molecule has 0 spiro atoms. The third-order valence-corrected chi connectivity index (χ3v) is 4.39. The number of rotatable bonds is 3. The van der Waals surface area contributed by atoms with Gasteiger partial charge in [-0.3, -0.25) is 9.59 Å². The Hall–Kier alpha value is -2.04. The SMILES string of the molecule is CC(=O)Nc1ccc(N2CCCC2)c(C(=O)N2CCCC2)c1. The van der Waals surface area contributed by atoms with Gasteiger partial charge in [0.15, 0.2) is 0 Å². The molecular weight excluding hydrogens is 278 g/mol. The van der Waals surface area contributed by atoms with Crippen molar-refractivity contribution in [1.29, 1.82) is 0 Å². The number of carbonyl (C=O) groups is 2. The summed E-state index contributed by atoms with van der Waals surface area (Å²) < 4.78 is 0. The van der Waals surface area contributed by atoms with Crippen LogP contribution in [0.5, 0.6) is 0 Å². The minimum absolute atomic E-state index is 0.0894. The minimum Gasteiger partial charge on any atom is -0.371 e. The maximum atomic E-state index is 12.8. The molecule has 0 unspecified atom stereocenters. The molecule has 0 aromatic heterocycles. The lowest BCUT2D eigenvalue weighted by Gasteiger charge is -2.24. The Bertz CT molecular complexity index is 573. The maximum absolute atomic E-state index is 12.8. The highest BCUT2D eigenvalue weighted by Gasteiger charge is 2.25. The zero-order valence-electron chi connectivity index (χ0n) is 13.1. The van der Waals surface area contributed by atoms with Gasteiger partial charge in [-0.2, -0.15) is 0 Å². The van der Waals surface area contributed by atoms with Crippen molar-refractivity contribution < 1.29 is 9.59 Å². The van der Waals surface area contributed by atoms with Crippen LogP contribution >= 0.6 is 0 Å². The zero-order valence-corrected chi connectivity index (χ0v) is 13.1. The van der Waals surface area contributed by atoms with E-state index in [1.165, 1.54) is 19.8 Å². The van der Waals surface area contributed by atoms with Crippen LogP contribution in [0.25, 0.3) is 0 Å². The second-order valence-corrected chi connectivity index (χ2v) is 6.11. The van der Waals surface area contributed by atoms with Gasteiger partial charge < -0.3 is 15.1 Å². The summed E-state index contributed by atoms with van der Waals surface area (Å²) in [5, 5.41) is 2.78. The molecule has 2 amide bonds. The summed E-state index contributed by atoms with van der Waals surface area (Å²) in [4.78, 5) is 28.3. The topological polar surface area (TPSA) is 52.7 Å². The molecule has 2 fully saturated rings. The lowest BCUT2D eigenvalue weighted by atomic mass is 10.1. The van der Waals surface area contributed by atoms with Crippen LogP contribution in [0.1, 0.15) is 43.0 Å². The highest BCUT2D eigenvalue weighted by Crippen LogP contribution is 2.29. The molecule has 0 atom stereocenters. The molecule has 5 nitrogen and oxygen atoms in total. The fourth-order valence-electron chi connectivity index (χ4n) is 3.31. The van der Waals surface area contributed by atoms with Crippen molar-refractivity contribution in [2.24, 2.45) is 0 Å². The summed E-state index contributed by atoms with van der Waals surface area (Å²) >= 11 is 0. The van der Waals surface area contributed by atoms with Crippen molar-refractivity contribution in [1.82, 2.24) is 4.90 Å². The number of anilines is 2. The van der Waals surface area contributed by atoms with E-state index in [4.69, 9.17) is 0 Å². The van der Waals surface area contributed by atoms with E-state index in [-0.39, 0.29) is 11.8 Å². The lowest BCUT2D eigenvalue weighted by molar-refractivity contribution is -0.114. The van der Waals surface area contributed by atoms with E-state index >= 15 is 0 Å². The van der Waals surface area contributed by atoms with Gasteiger partial charge in [0.25, 0.3) is 5.91 Å². The van der Waals surface area contributed by atoms with Gasteiger partial charge in [-0.1, -0.05) is 0 Å². The Morgan fingerprint density at radius 1 is 1.00 bits per heavy atom. The van der Waals surface area contributed by atoms with Crippen molar-refractivity contribution in [3.8, 4) is 0 Å². The minimum atomic E-state index is -0.117. The zero-order chi connectivity index (χ0) is 15.5. The van der Waals surface area contributed by atoms with E-state index in [1.807, 2.05) is 23.1 Å². The van der Waals surface area contributed by atoms with Crippen molar-refractivity contribution in [2.75, 3.05) is 36.4 Å². The third-order valence-electron chi connectivity index (χ3n) is 4.39. The number of nitrogens with one attached hydrogen (secondary N) is 1. The van der Waals surface area contributed by atoms with Gasteiger partial charge in [0.05, 0.1) is 5.56 Å². The number of carbonyl (C=O) groups excluding carboxylic acids is 2. The van der Waals surface area contributed by atoms with Crippen LogP contribution in [-0.2, 0) is 4.79 Å². The molecule has 0 bridgehead atoms. The van der Waals surface area contributed by atoms with Crippen molar-refractivity contribution >= 4 is 23.2 Å². The first kappa shape index (κ1) is 14.9. The van der Waals surface area contributed by atoms with E-state index in [2.05, 4.69) is 10.2 Å². The molecule has 2 aliphatic rings. The van der Waals surface area contributed by atoms with Crippen LogP contribution in [0.4, 0.5) is 11.4 Å². The molecule has 22 heavy (non-hydrogen) atoms. The van der Waals surface area contributed by atoms with Crippen LogP contribution in [0.15, 0.2) is 18.2 Å². The molecule has 0 aliphatic carbocycles. The van der Waals surface area contributed by atoms with Crippen LogP contribution in [0.2, 0.25) is 0 Å². The Balaban J connectivity index is 1.93. The number of benzene rings is 1. The van der Waals surface area contributed by atoms with Crippen LogP contribution in [-0.4, -0.2) is 42.9 Å². The molecule has 118 valence electrons. The molecule has 1 N–H and O–H groups in total. The Morgan fingerprint density at radius 3 is 2.27 bits per heavy atom. The average Bonchev–Trinajstić information content (AvgIpc) is 3.19. The van der Waals surface area contributed by atoms with Gasteiger partial charge in [-0.25, -0.2) is 0 Å². The molecule has 0 saturated carbocycles. The maximum Gasteiger partial charge on any atom is 0.256 e. The van der Waals surface area contributed by atoms with E-state index < -0.39 is 0 Å². The van der Waals surface area contributed by atoms with Crippen LogP contribution in [0.3, 0.4) is 0 Å². The van der Waals surface area contributed by atoms with Crippen molar-refractivity contribution in [3.05, 3.63) is 23.8 Å². The first-order chi connectivity index (χ1) is 10.6. The van der Waals surface area contributed by atoms with Gasteiger partial charge in [0, 0.05) is 44.5 Å². The largest absolute Gasteiger partial charge is 0.371 e. The lowest BCUT2D eigenvalue weighted by Crippen LogP contribution is -2.30. The molecule has 1 aromatic rings. The van der Waals surface area contributed by atoms with Gasteiger partial charge in [0.2, 0.25) is 5.91 Å². The molecule has 2 saturated heterocycles. The number of hydrogen-bond acceptors (Lipinski definition) is 3. The number of nitrogens with zero attached hydrogens (tertiary/aromatic N) is 2. The first-order valence-corrected chi connectivity index (χ1v) is 8.11. The van der Waals surface area contributed by atoms with Crippen LogP contribution < -0.4 is 10.2 Å². The summed E-state index contributed by atoms with van der Waals surface area (Å²) in [6.45, 7) is 5.15. The fourth-order valence-corrected chi connectivity index (χ4v) is 3.31. The molecule has 5 heteroatoms. The van der Waals surface area contributed by atoms with Gasteiger partial charge in [-0.15, -0.1) is 0 Å². The summed E-state index contributed by atoms with van der Waals surface area (Å²) in [6, 6.07) is 5.69. The van der Waals surface area contributed by atoms with E-state index in [9.17, 15) is 9.59 Å². The fraction of sp³-hybridized carbons (Fsp3) is 0.529. The summed E-state index contributed by atoms with van der Waals surface area (Å²) in [5.74, 6) is -0.0277. The summed E-state index contributed by atoms with van der Waals surface area (Å²) in [6.07, 6.45) is 4.50. The second kappa shape index (κ2) is 6.38. The Labute approximate surface area is 131 Å². The van der Waals surface area contributed by atoms with Gasteiger partial charge in [-0.05, 0) is 43.9 Å².